The molecule has 1 saturated heterocycles. The molecule has 0 radical (unpaired) electrons. The summed E-state index contributed by atoms with van der Waals surface area (Å²) in [6.07, 6.45) is -0.469. The van der Waals surface area contributed by atoms with E-state index in [1.807, 2.05) is 0 Å². The smallest absolute Gasteiger partial charge is 0.338 e. The van der Waals surface area contributed by atoms with Crippen LogP contribution < -0.4 is 0 Å². The van der Waals surface area contributed by atoms with E-state index in [1.54, 1.807) is 24.3 Å². The van der Waals surface area contributed by atoms with Crippen molar-refractivity contribution in [3.63, 3.8) is 0 Å². The van der Waals surface area contributed by atoms with E-state index < -0.39 is 12.1 Å². The van der Waals surface area contributed by atoms with Crippen molar-refractivity contribution in [2.75, 3.05) is 6.61 Å². The van der Waals surface area contributed by atoms with E-state index in [1.165, 1.54) is 11.8 Å². The molecule has 1 aromatic rings. The van der Waals surface area contributed by atoms with Gasteiger partial charge in [-0.3, -0.25) is 0 Å². The van der Waals surface area contributed by atoms with Crippen LogP contribution in [0.2, 0.25) is 5.02 Å². The Morgan fingerprint density at radius 3 is 2.72 bits per heavy atom. The lowest BCUT2D eigenvalue weighted by molar-refractivity contribution is 0.0501. The summed E-state index contributed by atoms with van der Waals surface area (Å²) in [5.74, 6) is -0.402. The molecule has 1 unspecified atom stereocenters. The maximum atomic E-state index is 13.2. The maximum absolute atomic E-state index is 13.2. The molecule has 1 aromatic carbocycles. The van der Waals surface area contributed by atoms with Gasteiger partial charge in [0.25, 0.3) is 0 Å². The predicted molar refractivity (Wildman–Crippen MR) is 75.3 cm³/mol. The number of thioether (sulfide) groups is 1. The van der Waals surface area contributed by atoms with Crippen molar-refractivity contribution in [2.45, 2.75) is 22.0 Å². The Morgan fingerprint density at radius 2 is 2.17 bits per heavy atom. The summed E-state index contributed by atoms with van der Waals surface area (Å²) in [6.45, 7) is 0.231. The zero-order chi connectivity index (χ0) is 13.1. The normalized spacial score (nSPS) is 27.2. The summed E-state index contributed by atoms with van der Waals surface area (Å²) in [6, 6.07) is 6.48. The first-order valence-electron chi connectivity index (χ1n) is 5.42. The number of carbonyl (C=O) groups excluding carboxylic acids is 1. The number of esters is 1. The highest BCUT2D eigenvalue weighted by Crippen LogP contribution is 2.39. The Morgan fingerprint density at radius 1 is 1.50 bits per heavy atom. The number of ether oxygens (including phenoxy) is 1. The van der Waals surface area contributed by atoms with E-state index in [-0.39, 0.29) is 16.0 Å². The summed E-state index contributed by atoms with van der Waals surface area (Å²) >= 11 is 10.4. The topological polar surface area (TPSA) is 26.3 Å². The number of halogens is 3. The van der Waals surface area contributed by atoms with Crippen molar-refractivity contribution in [3.8, 4) is 0 Å². The first-order chi connectivity index (χ1) is 8.56. The minimum atomic E-state index is -0.880. The van der Waals surface area contributed by atoms with Crippen molar-refractivity contribution in [1.29, 1.82) is 0 Å². The number of benzene rings is 1. The molecule has 2 rings (SSSR count). The lowest BCUT2D eigenvalue weighted by Gasteiger charge is -2.09. The molecule has 0 saturated carbocycles. The molecular weight excluding hydrogens is 343 g/mol. The van der Waals surface area contributed by atoms with Crippen molar-refractivity contribution < 1.29 is 13.9 Å². The summed E-state index contributed by atoms with van der Waals surface area (Å²) in [5.41, 5.74) is 0.453. The number of alkyl halides is 2. The molecule has 98 valence electrons. The fourth-order valence-electron chi connectivity index (χ4n) is 1.63. The zero-order valence-corrected chi connectivity index (χ0v) is 12.5. The van der Waals surface area contributed by atoms with E-state index in [2.05, 4.69) is 15.9 Å². The summed E-state index contributed by atoms with van der Waals surface area (Å²) in [4.78, 5) is 11.7. The fraction of sp³-hybridized carbons (Fsp3) is 0.417. The van der Waals surface area contributed by atoms with Gasteiger partial charge >= 0.3 is 5.97 Å². The molecule has 0 bridgehead atoms. The molecular formula is C12H11BrClFO2S. The van der Waals surface area contributed by atoms with Crippen molar-refractivity contribution in [3.05, 3.63) is 34.9 Å². The third kappa shape index (κ3) is 3.62. The van der Waals surface area contributed by atoms with Crippen molar-refractivity contribution in [2.24, 2.45) is 0 Å². The predicted octanol–water partition coefficient (Wildman–Crippen LogP) is 4.06. The molecule has 0 aromatic heterocycles. The monoisotopic (exact) mass is 352 g/mol. The Kier molecular flexibility index (Phi) is 4.92. The maximum Gasteiger partial charge on any atom is 0.338 e. The van der Waals surface area contributed by atoms with Crippen LogP contribution in [-0.4, -0.2) is 28.2 Å². The molecule has 18 heavy (non-hydrogen) atoms. The highest BCUT2D eigenvalue weighted by Gasteiger charge is 2.34. The van der Waals surface area contributed by atoms with E-state index in [4.69, 9.17) is 16.3 Å². The van der Waals surface area contributed by atoms with Gasteiger partial charge in [0.05, 0.1) is 9.72 Å². The van der Waals surface area contributed by atoms with Crippen molar-refractivity contribution >= 4 is 45.3 Å². The van der Waals surface area contributed by atoms with Gasteiger partial charge in [0.1, 0.15) is 12.8 Å². The second kappa shape index (κ2) is 6.26. The fourth-order valence-corrected chi connectivity index (χ4v) is 3.98. The lowest BCUT2D eigenvalue weighted by atomic mass is 10.2. The lowest BCUT2D eigenvalue weighted by Crippen LogP contribution is -2.15. The highest BCUT2D eigenvalue weighted by molar-refractivity contribution is 9.11. The molecule has 6 heteroatoms. The zero-order valence-electron chi connectivity index (χ0n) is 9.31. The second-order valence-electron chi connectivity index (χ2n) is 3.97. The third-order valence-electron chi connectivity index (χ3n) is 2.58. The van der Waals surface area contributed by atoms with Crippen LogP contribution in [0.25, 0.3) is 0 Å². The molecule has 2 nitrogen and oxygen atoms in total. The van der Waals surface area contributed by atoms with E-state index in [9.17, 15) is 9.18 Å². The third-order valence-corrected chi connectivity index (χ3v) is 5.32. The number of rotatable bonds is 3. The van der Waals surface area contributed by atoms with Crippen LogP contribution in [0.3, 0.4) is 0 Å². The van der Waals surface area contributed by atoms with E-state index in [0.29, 0.717) is 17.0 Å². The Hall–Kier alpha value is -0.260. The van der Waals surface area contributed by atoms with E-state index in [0.717, 1.165) is 0 Å². The Labute approximate surface area is 122 Å². The Bertz CT molecular complexity index is 419. The first-order valence-corrected chi connectivity index (χ1v) is 7.66. The number of hydrogen-bond donors (Lipinski definition) is 0. The van der Waals surface area contributed by atoms with Gasteiger partial charge in [-0.1, -0.05) is 27.5 Å². The van der Waals surface area contributed by atoms with Gasteiger partial charge < -0.3 is 4.74 Å². The van der Waals surface area contributed by atoms with Gasteiger partial charge in [-0.2, -0.15) is 0 Å². The average Bonchev–Trinajstić information content (AvgIpc) is 2.67. The van der Waals surface area contributed by atoms with Gasteiger partial charge in [-0.05, 0) is 30.7 Å². The molecule has 0 amide bonds. The quantitative estimate of drug-likeness (QED) is 0.605. The van der Waals surface area contributed by atoms with Crippen LogP contribution >= 0.6 is 39.3 Å². The van der Waals surface area contributed by atoms with Gasteiger partial charge in [-0.25, -0.2) is 9.18 Å². The standard InChI is InChI=1S/C12H11BrClFO2S/c13-11-10(15)5-9(18-11)6-17-12(16)7-1-3-8(14)4-2-7/h1-4,9-11H,5-6H2/t9?,10-,11-/m0/s1. The van der Waals surface area contributed by atoms with E-state index >= 15 is 0 Å². The van der Waals surface area contributed by atoms with Crippen LogP contribution in [-0.2, 0) is 4.74 Å². The second-order valence-corrected chi connectivity index (χ2v) is 7.44. The van der Waals surface area contributed by atoms with Crippen LogP contribution in [0.4, 0.5) is 4.39 Å². The SMILES string of the molecule is O=C(OCC1C[C@H](F)[C@@H](Br)S1)c1ccc(Cl)cc1. The highest BCUT2D eigenvalue weighted by atomic mass is 79.9. The largest absolute Gasteiger partial charge is 0.461 e. The molecule has 1 fully saturated rings. The van der Waals surface area contributed by atoms with Crippen LogP contribution in [0, 0.1) is 0 Å². The van der Waals surface area contributed by atoms with Crippen molar-refractivity contribution in [1.82, 2.24) is 0 Å². The molecule has 3 atom stereocenters. The van der Waals surface area contributed by atoms with Gasteiger partial charge in [0.2, 0.25) is 0 Å². The molecule has 1 heterocycles. The van der Waals surface area contributed by atoms with Crippen LogP contribution in [0.1, 0.15) is 16.8 Å². The Balaban J connectivity index is 1.84. The first kappa shape index (κ1) is 14.2. The summed E-state index contributed by atoms with van der Waals surface area (Å²) < 4.78 is 18.2. The van der Waals surface area contributed by atoms with Crippen LogP contribution in [0.15, 0.2) is 24.3 Å². The minimum absolute atomic E-state index is 0.0145. The minimum Gasteiger partial charge on any atom is -0.461 e. The number of carbonyl (C=O) groups is 1. The van der Waals surface area contributed by atoms with Gasteiger partial charge in [0.15, 0.2) is 0 Å². The number of hydrogen-bond acceptors (Lipinski definition) is 3. The molecule has 1 aliphatic heterocycles. The molecule has 0 spiro atoms. The summed E-state index contributed by atoms with van der Waals surface area (Å²) in [5, 5.41) is 0.584. The average molecular weight is 354 g/mol. The van der Waals surface area contributed by atoms with Gasteiger partial charge in [0, 0.05) is 10.3 Å². The van der Waals surface area contributed by atoms with Gasteiger partial charge in [-0.15, -0.1) is 11.8 Å². The molecule has 1 aliphatic rings. The molecule has 0 aliphatic carbocycles. The van der Waals surface area contributed by atoms with Crippen LogP contribution in [0.5, 0.6) is 0 Å². The molecule has 0 N–H and O–H groups in total. The summed E-state index contributed by atoms with van der Waals surface area (Å²) in [7, 11) is 0.